The summed E-state index contributed by atoms with van der Waals surface area (Å²) in [5.41, 5.74) is -3.57. The molecule has 0 aliphatic carbocycles. The Bertz CT molecular complexity index is 1520. The molecule has 4 rings (SSSR count). The van der Waals surface area contributed by atoms with Crippen LogP contribution in [0.15, 0.2) is 30.3 Å². The minimum absolute atomic E-state index is 0.0807. The number of carbonyl (C=O) groups is 1. The SMILES string of the molecule is CCOc1nc(OCCO)c2cc(N3C(=S)N(c4ccc(C#N)c(C(F)(F)F)c4)C(=O)C3(C)C)cc(F)c2n1. The largest absolute Gasteiger partial charge is 0.475 e. The molecule has 1 aliphatic heterocycles. The number of hydrogen-bond donors (Lipinski definition) is 1. The van der Waals surface area contributed by atoms with Crippen LogP contribution in [-0.2, 0) is 11.0 Å². The first-order valence-electron chi connectivity index (χ1n) is 11.5. The zero-order valence-electron chi connectivity index (χ0n) is 20.8. The lowest BCUT2D eigenvalue weighted by Crippen LogP contribution is -2.44. The number of benzene rings is 2. The van der Waals surface area contributed by atoms with Crippen LogP contribution in [-0.4, -0.2) is 51.5 Å². The number of hydrogen-bond acceptors (Lipinski definition) is 8. The van der Waals surface area contributed by atoms with E-state index in [2.05, 4.69) is 9.97 Å². The highest BCUT2D eigenvalue weighted by Crippen LogP contribution is 2.41. The minimum atomic E-state index is -4.85. The second-order valence-corrected chi connectivity index (χ2v) is 9.16. The van der Waals surface area contributed by atoms with Gasteiger partial charge >= 0.3 is 12.2 Å². The Morgan fingerprint density at radius 3 is 2.49 bits per heavy atom. The molecule has 0 radical (unpaired) electrons. The summed E-state index contributed by atoms with van der Waals surface area (Å²) in [6.07, 6.45) is -4.85. The van der Waals surface area contributed by atoms with Gasteiger partial charge in [0.15, 0.2) is 10.9 Å². The second kappa shape index (κ2) is 10.2. The van der Waals surface area contributed by atoms with Crippen LogP contribution >= 0.6 is 12.2 Å². The summed E-state index contributed by atoms with van der Waals surface area (Å²) < 4.78 is 67.0. The van der Waals surface area contributed by atoms with Gasteiger partial charge in [0.2, 0.25) is 5.88 Å². The van der Waals surface area contributed by atoms with Gasteiger partial charge in [-0.25, -0.2) is 4.39 Å². The van der Waals surface area contributed by atoms with Crippen molar-refractivity contribution in [3.8, 4) is 18.0 Å². The topological polar surface area (TPSA) is 112 Å². The molecular weight excluding hydrogens is 542 g/mol. The van der Waals surface area contributed by atoms with Gasteiger partial charge in [-0.2, -0.15) is 28.4 Å². The predicted molar refractivity (Wildman–Crippen MR) is 136 cm³/mol. The summed E-state index contributed by atoms with van der Waals surface area (Å²) in [5.74, 6) is -1.60. The molecule has 0 saturated carbocycles. The Morgan fingerprint density at radius 2 is 1.87 bits per heavy atom. The number of aromatic nitrogens is 2. The number of alkyl halides is 3. The smallest absolute Gasteiger partial charge is 0.417 e. The Labute approximate surface area is 225 Å². The van der Waals surface area contributed by atoms with Crippen LogP contribution in [0.4, 0.5) is 28.9 Å². The Balaban J connectivity index is 1.86. The standard InChI is InChI=1S/C25H21F4N5O4S/c1-4-37-22-31-19-16(20(32-22)38-8-7-35)9-15(11-18(19)26)34-23(39)33(21(36)24(34,2)3)14-6-5-13(12-30)17(10-14)25(27,28)29/h5-6,9-11,35H,4,7-8H2,1-3H3. The van der Waals surface area contributed by atoms with Gasteiger partial charge < -0.3 is 19.5 Å². The second-order valence-electron chi connectivity index (χ2n) is 8.80. The molecule has 1 fully saturated rings. The highest BCUT2D eigenvalue weighted by molar-refractivity contribution is 7.81. The summed E-state index contributed by atoms with van der Waals surface area (Å²) in [7, 11) is 0. The minimum Gasteiger partial charge on any atom is -0.475 e. The molecule has 0 atom stereocenters. The van der Waals surface area contributed by atoms with Crippen molar-refractivity contribution in [3.05, 3.63) is 47.3 Å². The number of carbonyl (C=O) groups excluding carboxylic acids is 1. The van der Waals surface area contributed by atoms with Crippen molar-refractivity contribution in [3.63, 3.8) is 0 Å². The molecule has 1 N–H and O–H groups in total. The number of nitriles is 1. The van der Waals surface area contributed by atoms with Gasteiger partial charge in [-0.15, -0.1) is 0 Å². The fraction of sp³-hybridized carbons (Fsp3) is 0.320. The summed E-state index contributed by atoms with van der Waals surface area (Å²) >= 11 is 5.52. The summed E-state index contributed by atoms with van der Waals surface area (Å²) in [6, 6.07) is 6.65. The van der Waals surface area contributed by atoms with Gasteiger partial charge in [0.1, 0.15) is 17.7 Å². The van der Waals surface area contributed by atoms with Crippen LogP contribution in [0.5, 0.6) is 11.9 Å². The number of aliphatic hydroxyl groups excluding tert-OH is 1. The van der Waals surface area contributed by atoms with E-state index in [9.17, 15) is 23.1 Å². The first-order valence-corrected chi connectivity index (χ1v) is 11.9. The third-order valence-corrected chi connectivity index (χ3v) is 6.27. The lowest BCUT2D eigenvalue weighted by molar-refractivity contribution is -0.137. The number of aliphatic hydroxyl groups is 1. The number of halogens is 4. The molecule has 204 valence electrons. The van der Waals surface area contributed by atoms with Gasteiger partial charge in [-0.3, -0.25) is 9.69 Å². The third-order valence-electron chi connectivity index (χ3n) is 5.90. The molecule has 39 heavy (non-hydrogen) atoms. The molecule has 3 aromatic rings. The van der Waals surface area contributed by atoms with Gasteiger partial charge in [-0.1, -0.05) is 0 Å². The third kappa shape index (κ3) is 4.90. The monoisotopic (exact) mass is 563 g/mol. The maximum absolute atomic E-state index is 15.4. The molecule has 14 heteroatoms. The van der Waals surface area contributed by atoms with Crippen molar-refractivity contribution < 1.29 is 36.9 Å². The van der Waals surface area contributed by atoms with Crippen LogP contribution in [0.2, 0.25) is 0 Å². The first kappa shape index (κ1) is 27.9. The highest BCUT2D eigenvalue weighted by atomic mass is 32.1. The van der Waals surface area contributed by atoms with Crippen LogP contribution in [0, 0.1) is 17.1 Å². The van der Waals surface area contributed by atoms with Gasteiger partial charge in [0, 0.05) is 5.69 Å². The van der Waals surface area contributed by atoms with Crippen LogP contribution in [0.25, 0.3) is 10.9 Å². The summed E-state index contributed by atoms with van der Waals surface area (Å²) in [4.78, 5) is 23.9. The average molecular weight is 564 g/mol. The number of amides is 1. The Morgan fingerprint density at radius 1 is 1.15 bits per heavy atom. The van der Waals surface area contributed by atoms with E-state index in [1.807, 2.05) is 0 Å². The molecule has 1 aliphatic rings. The summed E-state index contributed by atoms with van der Waals surface area (Å²) in [5, 5.41) is 18.2. The molecule has 0 bridgehead atoms. The predicted octanol–water partition coefficient (Wildman–Crippen LogP) is 4.35. The van der Waals surface area contributed by atoms with Crippen molar-refractivity contribution >= 4 is 45.5 Å². The number of nitrogens with zero attached hydrogens (tertiary/aromatic N) is 5. The maximum Gasteiger partial charge on any atom is 0.417 e. The van der Waals surface area contributed by atoms with E-state index in [1.165, 1.54) is 36.9 Å². The molecule has 9 nitrogen and oxygen atoms in total. The molecular formula is C25H21F4N5O4S. The molecule has 1 amide bonds. The number of rotatable bonds is 7. The molecule has 0 unspecified atom stereocenters. The lowest BCUT2D eigenvalue weighted by atomic mass is 10.0. The number of thiocarbonyl (C=S) groups is 1. The fourth-order valence-electron chi connectivity index (χ4n) is 4.16. The van der Waals surface area contributed by atoms with Gasteiger partial charge in [0.05, 0.1) is 41.5 Å². The van der Waals surface area contributed by atoms with Crippen molar-refractivity contribution in [1.29, 1.82) is 5.26 Å². The quantitative estimate of drug-likeness (QED) is 0.331. The maximum atomic E-state index is 15.4. The van der Waals surface area contributed by atoms with E-state index < -0.39 is 34.6 Å². The van der Waals surface area contributed by atoms with Crippen LogP contribution < -0.4 is 19.3 Å². The zero-order valence-corrected chi connectivity index (χ0v) is 21.7. The van der Waals surface area contributed by atoms with Gasteiger partial charge in [-0.05, 0) is 63.3 Å². The lowest BCUT2D eigenvalue weighted by Gasteiger charge is -2.29. The van der Waals surface area contributed by atoms with E-state index >= 15 is 4.39 Å². The Kier molecular flexibility index (Phi) is 7.33. The molecule has 0 spiro atoms. The first-order chi connectivity index (χ1) is 18.3. The van der Waals surface area contributed by atoms with Crippen molar-refractivity contribution in [2.75, 3.05) is 29.6 Å². The fourth-order valence-corrected chi connectivity index (χ4v) is 4.69. The summed E-state index contributed by atoms with van der Waals surface area (Å²) in [6.45, 7) is 4.33. The van der Waals surface area contributed by atoms with E-state index in [1.54, 1.807) is 6.92 Å². The molecule has 1 saturated heterocycles. The average Bonchev–Trinajstić information content (AvgIpc) is 3.05. The van der Waals surface area contributed by atoms with E-state index in [0.29, 0.717) is 6.07 Å². The molecule has 2 aromatic carbocycles. The van der Waals surface area contributed by atoms with E-state index in [4.69, 9.17) is 27.0 Å². The van der Waals surface area contributed by atoms with Crippen LogP contribution in [0.3, 0.4) is 0 Å². The molecule has 2 heterocycles. The van der Waals surface area contributed by atoms with Crippen LogP contribution in [0.1, 0.15) is 31.9 Å². The Hall–Kier alpha value is -4.09. The number of anilines is 2. The van der Waals surface area contributed by atoms with Gasteiger partial charge in [0.25, 0.3) is 5.91 Å². The number of fused-ring (bicyclic) bond motifs is 1. The number of ether oxygens (including phenoxy) is 2. The van der Waals surface area contributed by atoms with Crippen molar-refractivity contribution in [1.82, 2.24) is 9.97 Å². The van der Waals surface area contributed by atoms with Crippen molar-refractivity contribution in [2.45, 2.75) is 32.5 Å². The van der Waals surface area contributed by atoms with E-state index in [0.717, 1.165) is 17.0 Å². The normalized spacial score (nSPS) is 15.2. The van der Waals surface area contributed by atoms with Crippen molar-refractivity contribution in [2.24, 2.45) is 0 Å². The molecule has 1 aromatic heterocycles. The zero-order chi connectivity index (χ0) is 28.7. The highest BCUT2D eigenvalue weighted by Gasteiger charge is 2.51. The van der Waals surface area contributed by atoms with E-state index in [-0.39, 0.29) is 59.1 Å².